The van der Waals surface area contributed by atoms with Crippen molar-refractivity contribution in [1.29, 1.82) is 0 Å². The Morgan fingerprint density at radius 3 is 2.65 bits per heavy atom. The van der Waals surface area contributed by atoms with Crippen LogP contribution in [-0.2, 0) is 9.53 Å². The third kappa shape index (κ3) is 3.77. The van der Waals surface area contributed by atoms with Gasteiger partial charge in [0, 0.05) is 0 Å². The zero-order valence-corrected chi connectivity index (χ0v) is 11.8. The van der Waals surface area contributed by atoms with Crippen LogP contribution in [0, 0.1) is 13.8 Å². The molecule has 0 fully saturated rings. The van der Waals surface area contributed by atoms with Crippen molar-refractivity contribution in [3.05, 3.63) is 34.9 Å². The van der Waals surface area contributed by atoms with E-state index in [2.05, 4.69) is 25.1 Å². The second-order valence-electron chi connectivity index (χ2n) is 3.95. The van der Waals surface area contributed by atoms with Crippen LogP contribution in [0.3, 0.4) is 0 Å². The molecule has 0 saturated heterocycles. The van der Waals surface area contributed by atoms with E-state index in [9.17, 15) is 4.79 Å². The topological polar surface area (TPSA) is 26.3 Å². The molecule has 0 N–H and O–H groups in total. The number of esters is 1. The van der Waals surface area contributed by atoms with Gasteiger partial charge in [0.05, 0.1) is 6.61 Å². The van der Waals surface area contributed by atoms with Gasteiger partial charge in [-0.1, -0.05) is 30.7 Å². The SMILES string of the molecule is CCOC(=O)C(SCC)c1cc(C)ccc1C. The summed E-state index contributed by atoms with van der Waals surface area (Å²) in [5, 5.41) is -0.195. The van der Waals surface area contributed by atoms with E-state index in [0.717, 1.165) is 16.9 Å². The van der Waals surface area contributed by atoms with Gasteiger partial charge in [0.1, 0.15) is 5.25 Å². The summed E-state index contributed by atoms with van der Waals surface area (Å²) in [6.45, 7) is 8.42. The number of thioether (sulfide) groups is 1. The lowest BCUT2D eigenvalue weighted by molar-refractivity contribution is -0.142. The largest absolute Gasteiger partial charge is 0.465 e. The standard InChI is InChI=1S/C14H20O2S/c1-5-16-14(15)13(17-6-2)12-9-10(3)7-8-11(12)4/h7-9,13H,5-6H2,1-4H3. The lowest BCUT2D eigenvalue weighted by Crippen LogP contribution is -2.14. The van der Waals surface area contributed by atoms with E-state index in [1.165, 1.54) is 5.56 Å². The minimum Gasteiger partial charge on any atom is -0.465 e. The van der Waals surface area contributed by atoms with Gasteiger partial charge >= 0.3 is 5.97 Å². The lowest BCUT2D eigenvalue weighted by Gasteiger charge is -2.17. The molecule has 0 amide bonds. The van der Waals surface area contributed by atoms with Crippen molar-refractivity contribution >= 4 is 17.7 Å². The first-order chi connectivity index (χ1) is 8.10. The van der Waals surface area contributed by atoms with Crippen LogP contribution in [0.15, 0.2) is 18.2 Å². The fourth-order valence-corrected chi connectivity index (χ4v) is 2.68. The molecule has 94 valence electrons. The van der Waals surface area contributed by atoms with Crippen LogP contribution < -0.4 is 0 Å². The van der Waals surface area contributed by atoms with Crippen LogP contribution in [0.25, 0.3) is 0 Å². The smallest absolute Gasteiger partial charge is 0.323 e. The van der Waals surface area contributed by atoms with Gasteiger partial charge in [-0.15, -0.1) is 11.8 Å². The van der Waals surface area contributed by atoms with E-state index in [4.69, 9.17) is 4.74 Å². The third-order valence-corrected chi connectivity index (χ3v) is 3.66. The van der Waals surface area contributed by atoms with E-state index in [0.29, 0.717) is 6.61 Å². The number of ether oxygens (including phenoxy) is 1. The zero-order chi connectivity index (χ0) is 12.8. The summed E-state index contributed by atoms with van der Waals surface area (Å²) >= 11 is 1.63. The highest BCUT2D eigenvalue weighted by atomic mass is 32.2. The van der Waals surface area contributed by atoms with E-state index in [-0.39, 0.29) is 11.2 Å². The Balaban J connectivity index is 3.04. The number of hydrogen-bond donors (Lipinski definition) is 0. The summed E-state index contributed by atoms with van der Waals surface area (Å²) in [6.07, 6.45) is 0. The van der Waals surface area contributed by atoms with Gasteiger partial charge in [-0.05, 0) is 37.7 Å². The number of benzene rings is 1. The summed E-state index contributed by atoms with van der Waals surface area (Å²) in [4.78, 5) is 12.0. The minimum atomic E-state index is -0.195. The molecule has 1 aromatic carbocycles. The lowest BCUT2D eigenvalue weighted by atomic mass is 10.0. The van der Waals surface area contributed by atoms with Gasteiger partial charge in [0.15, 0.2) is 0 Å². The monoisotopic (exact) mass is 252 g/mol. The molecule has 0 spiro atoms. The summed E-state index contributed by atoms with van der Waals surface area (Å²) in [7, 11) is 0. The third-order valence-electron chi connectivity index (χ3n) is 2.55. The van der Waals surface area contributed by atoms with Crippen molar-refractivity contribution in [2.45, 2.75) is 32.9 Å². The number of carbonyl (C=O) groups is 1. The van der Waals surface area contributed by atoms with Crippen molar-refractivity contribution < 1.29 is 9.53 Å². The molecule has 0 aliphatic carbocycles. The first-order valence-corrected chi connectivity index (χ1v) is 7.00. The predicted octanol–water partition coefficient (Wildman–Crippen LogP) is 3.66. The summed E-state index contributed by atoms with van der Waals surface area (Å²) in [5.41, 5.74) is 3.40. The maximum Gasteiger partial charge on any atom is 0.323 e. The Bertz CT molecular complexity index is 388. The molecule has 0 radical (unpaired) electrons. The Kier molecular flexibility index (Phi) is 5.56. The second-order valence-corrected chi connectivity index (χ2v) is 5.33. The molecule has 0 aliphatic heterocycles. The molecular weight excluding hydrogens is 232 g/mol. The highest BCUT2D eigenvalue weighted by Crippen LogP contribution is 2.32. The highest BCUT2D eigenvalue weighted by molar-refractivity contribution is 8.00. The molecule has 1 aromatic rings. The highest BCUT2D eigenvalue weighted by Gasteiger charge is 2.23. The summed E-state index contributed by atoms with van der Waals surface area (Å²) in [6, 6.07) is 6.21. The van der Waals surface area contributed by atoms with Gasteiger partial charge in [-0.25, -0.2) is 0 Å². The van der Waals surface area contributed by atoms with Crippen molar-refractivity contribution in [2.24, 2.45) is 0 Å². The van der Waals surface area contributed by atoms with Crippen molar-refractivity contribution in [2.75, 3.05) is 12.4 Å². The Hall–Kier alpha value is -0.960. The van der Waals surface area contributed by atoms with Crippen LogP contribution in [0.4, 0.5) is 0 Å². The fourth-order valence-electron chi connectivity index (χ4n) is 1.71. The van der Waals surface area contributed by atoms with Gasteiger partial charge in [-0.2, -0.15) is 0 Å². The van der Waals surface area contributed by atoms with Gasteiger partial charge in [0.2, 0.25) is 0 Å². The number of aryl methyl sites for hydroxylation is 2. The molecule has 1 rings (SSSR count). The maximum absolute atomic E-state index is 12.0. The molecule has 0 aliphatic rings. The number of hydrogen-bond acceptors (Lipinski definition) is 3. The molecule has 17 heavy (non-hydrogen) atoms. The van der Waals surface area contributed by atoms with Gasteiger partial charge in [0.25, 0.3) is 0 Å². The normalized spacial score (nSPS) is 12.2. The predicted molar refractivity (Wildman–Crippen MR) is 73.4 cm³/mol. The fraction of sp³-hybridized carbons (Fsp3) is 0.500. The van der Waals surface area contributed by atoms with Crippen LogP contribution >= 0.6 is 11.8 Å². The van der Waals surface area contributed by atoms with Crippen LogP contribution in [0.1, 0.15) is 35.8 Å². The Labute approximate surface area is 108 Å². The molecule has 2 nitrogen and oxygen atoms in total. The van der Waals surface area contributed by atoms with Crippen molar-refractivity contribution in [1.82, 2.24) is 0 Å². The first-order valence-electron chi connectivity index (χ1n) is 5.95. The molecule has 0 saturated carbocycles. The van der Waals surface area contributed by atoms with Gasteiger partial charge in [-0.3, -0.25) is 4.79 Å². The van der Waals surface area contributed by atoms with E-state index < -0.39 is 0 Å². The zero-order valence-electron chi connectivity index (χ0n) is 10.9. The molecule has 3 heteroatoms. The summed E-state index contributed by atoms with van der Waals surface area (Å²) < 4.78 is 5.15. The average molecular weight is 252 g/mol. The van der Waals surface area contributed by atoms with Crippen molar-refractivity contribution in [3.63, 3.8) is 0 Å². The number of carbonyl (C=O) groups excluding carboxylic acids is 1. The van der Waals surface area contributed by atoms with E-state index in [1.54, 1.807) is 11.8 Å². The van der Waals surface area contributed by atoms with Crippen LogP contribution in [0.2, 0.25) is 0 Å². The van der Waals surface area contributed by atoms with Crippen molar-refractivity contribution in [3.8, 4) is 0 Å². The molecule has 0 aromatic heterocycles. The molecule has 1 unspecified atom stereocenters. The Morgan fingerprint density at radius 1 is 1.35 bits per heavy atom. The van der Waals surface area contributed by atoms with Crippen LogP contribution in [-0.4, -0.2) is 18.3 Å². The van der Waals surface area contributed by atoms with E-state index in [1.807, 2.05) is 20.8 Å². The van der Waals surface area contributed by atoms with Gasteiger partial charge < -0.3 is 4.74 Å². The Morgan fingerprint density at radius 2 is 2.06 bits per heavy atom. The first kappa shape index (κ1) is 14.1. The average Bonchev–Trinajstić information content (AvgIpc) is 2.30. The molecule has 0 heterocycles. The molecule has 1 atom stereocenters. The molecular formula is C14H20O2S. The van der Waals surface area contributed by atoms with E-state index >= 15 is 0 Å². The quantitative estimate of drug-likeness (QED) is 0.748. The number of rotatable bonds is 5. The second kappa shape index (κ2) is 6.70. The summed E-state index contributed by atoms with van der Waals surface area (Å²) in [5.74, 6) is 0.768. The molecule has 0 bridgehead atoms. The maximum atomic E-state index is 12.0. The van der Waals surface area contributed by atoms with Crippen LogP contribution in [0.5, 0.6) is 0 Å². The minimum absolute atomic E-state index is 0.131.